The number of aromatic nitrogens is 3. The van der Waals surface area contributed by atoms with Gasteiger partial charge in [0.2, 0.25) is 11.9 Å². The molecule has 94 valence electrons. The SMILES string of the molecule is COc1nc(Nc2ccccc2)nc(N(C)N)n1. The molecule has 0 aliphatic rings. The fourth-order valence-electron chi connectivity index (χ4n) is 1.30. The van der Waals surface area contributed by atoms with E-state index in [-0.39, 0.29) is 6.01 Å². The molecular formula is C11H14N6O. The Bertz CT molecular complexity index is 516. The van der Waals surface area contributed by atoms with Crippen LogP contribution in [0.5, 0.6) is 6.01 Å². The van der Waals surface area contributed by atoms with E-state index in [1.807, 2.05) is 30.3 Å². The van der Waals surface area contributed by atoms with Crippen LogP contribution in [0, 0.1) is 0 Å². The Hall–Kier alpha value is -2.41. The smallest absolute Gasteiger partial charge is 0.322 e. The van der Waals surface area contributed by atoms with E-state index < -0.39 is 0 Å². The Morgan fingerprint density at radius 2 is 1.89 bits per heavy atom. The van der Waals surface area contributed by atoms with Crippen LogP contribution in [0.1, 0.15) is 0 Å². The number of hydrazine groups is 1. The van der Waals surface area contributed by atoms with Crippen LogP contribution in [0.25, 0.3) is 0 Å². The lowest BCUT2D eigenvalue weighted by Gasteiger charge is -2.12. The van der Waals surface area contributed by atoms with Crippen LogP contribution in [0.4, 0.5) is 17.6 Å². The highest BCUT2D eigenvalue weighted by Crippen LogP contribution is 2.16. The summed E-state index contributed by atoms with van der Waals surface area (Å²) in [5, 5.41) is 4.34. The van der Waals surface area contributed by atoms with E-state index in [2.05, 4.69) is 20.3 Å². The molecule has 1 aromatic carbocycles. The summed E-state index contributed by atoms with van der Waals surface area (Å²) in [7, 11) is 3.13. The fourth-order valence-corrected chi connectivity index (χ4v) is 1.30. The Morgan fingerprint density at radius 3 is 2.50 bits per heavy atom. The van der Waals surface area contributed by atoms with Crippen molar-refractivity contribution in [1.82, 2.24) is 15.0 Å². The van der Waals surface area contributed by atoms with Crippen LogP contribution < -0.4 is 20.9 Å². The molecular weight excluding hydrogens is 232 g/mol. The lowest BCUT2D eigenvalue weighted by atomic mass is 10.3. The first-order chi connectivity index (χ1) is 8.69. The highest BCUT2D eigenvalue weighted by Gasteiger charge is 2.08. The number of nitrogens with one attached hydrogen (secondary N) is 1. The van der Waals surface area contributed by atoms with Gasteiger partial charge < -0.3 is 10.1 Å². The number of methoxy groups -OCH3 is 1. The molecule has 2 aromatic rings. The van der Waals surface area contributed by atoms with Gasteiger partial charge in [-0.25, -0.2) is 5.84 Å². The van der Waals surface area contributed by atoms with Gasteiger partial charge in [0.25, 0.3) is 0 Å². The minimum absolute atomic E-state index is 0.204. The molecule has 18 heavy (non-hydrogen) atoms. The van der Waals surface area contributed by atoms with Gasteiger partial charge >= 0.3 is 6.01 Å². The summed E-state index contributed by atoms with van der Waals surface area (Å²) in [6.07, 6.45) is 0. The average Bonchev–Trinajstić information content (AvgIpc) is 2.39. The summed E-state index contributed by atoms with van der Waals surface area (Å²) in [6.45, 7) is 0. The van der Waals surface area contributed by atoms with Crippen molar-refractivity contribution in [1.29, 1.82) is 0 Å². The molecule has 0 saturated carbocycles. The van der Waals surface area contributed by atoms with Gasteiger partial charge in [0.15, 0.2) is 0 Å². The molecule has 0 radical (unpaired) electrons. The maximum absolute atomic E-state index is 5.60. The monoisotopic (exact) mass is 246 g/mol. The molecule has 0 unspecified atom stereocenters. The molecule has 0 aliphatic heterocycles. The summed E-state index contributed by atoms with van der Waals surface area (Å²) >= 11 is 0. The summed E-state index contributed by atoms with van der Waals surface area (Å²) in [5.41, 5.74) is 0.872. The van der Waals surface area contributed by atoms with Gasteiger partial charge in [-0.15, -0.1) is 0 Å². The van der Waals surface area contributed by atoms with Gasteiger partial charge in [-0.3, -0.25) is 5.01 Å². The highest BCUT2D eigenvalue weighted by molar-refractivity contribution is 5.53. The molecule has 0 spiro atoms. The van der Waals surface area contributed by atoms with Crippen molar-refractivity contribution in [2.75, 3.05) is 24.5 Å². The largest absolute Gasteiger partial charge is 0.467 e. The first kappa shape index (κ1) is 12.1. The van der Waals surface area contributed by atoms with Crippen molar-refractivity contribution in [2.24, 2.45) is 5.84 Å². The zero-order valence-electron chi connectivity index (χ0n) is 10.2. The number of hydrogen-bond acceptors (Lipinski definition) is 7. The highest BCUT2D eigenvalue weighted by atomic mass is 16.5. The van der Waals surface area contributed by atoms with Crippen molar-refractivity contribution in [3.8, 4) is 6.01 Å². The Balaban J connectivity index is 2.30. The number of rotatable bonds is 4. The third-order valence-corrected chi connectivity index (χ3v) is 2.13. The Labute approximate surface area is 105 Å². The number of para-hydroxylation sites is 1. The van der Waals surface area contributed by atoms with Crippen molar-refractivity contribution >= 4 is 17.6 Å². The maximum atomic E-state index is 5.60. The normalized spacial score (nSPS) is 9.94. The van der Waals surface area contributed by atoms with Crippen LogP contribution >= 0.6 is 0 Å². The van der Waals surface area contributed by atoms with Crippen molar-refractivity contribution in [3.05, 3.63) is 30.3 Å². The molecule has 2 rings (SSSR count). The van der Waals surface area contributed by atoms with Crippen LogP contribution in [0.2, 0.25) is 0 Å². The van der Waals surface area contributed by atoms with Crippen LogP contribution in [0.3, 0.4) is 0 Å². The second-order valence-corrected chi connectivity index (χ2v) is 3.55. The van der Waals surface area contributed by atoms with Crippen molar-refractivity contribution in [2.45, 2.75) is 0 Å². The molecule has 0 aliphatic carbocycles. The van der Waals surface area contributed by atoms with Gasteiger partial charge in [0.1, 0.15) is 0 Å². The molecule has 3 N–H and O–H groups in total. The molecule has 7 nitrogen and oxygen atoms in total. The quantitative estimate of drug-likeness (QED) is 0.612. The topological polar surface area (TPSA) is 89.2 Å². The van der Waals surface area contributed by atoms with Crippen molar-refractivity contribution < 1.29 is 4.74 Å². The van der Waals surface area contributed by atoms with E-state index in [0.717, 1.165) is 5.69 Å². The van der Waals surface area contributed by atoms with Crippen LogP contribution in [-0.4, -0.2) is 29.1 Å². The predicted octanol–water partition coefficient (Wildman–Crippen LogP) is 0.934. The zero-order chi connectivity index (χ0) is 13.0. The second-order valence-electron chi connectivity index (χ2n) is 3.55. The second kappa shape index (κ2) is 5.28. The lowest BCUT2D eigenvalue weighted by molar-refractivity contribution is 0.379. The van der Waals surface area contributed by atoms with E-state index in [9.17, 15) is 0 Å². The molecule has 0 atom stereocenters. The van der Waals surface area contributed by atoms with E-state index in [4.69, 9.17) is 10.6 Å². The van der Waals surface area contributed by atoms with Crippen LogP contribution in [0.15, 0.2) is 30.3 Å². The number of nitrogens with zero attached hydrogens (tertiary/aromatic N) is 4. The summed E-state index contributed by atoms with van der Waals surface area (Å²) < 4.78 is 5.00. The number of hydrogen-bond donors (Lipinski definition) is 2. The standard InChI is InChI=1S/C11H14N6O/c1-17(12)10-14-9(15-11(16-10)18-2)13-8-6-4-3-5-7-8/h3-7H,12H2,1-2H3,(H,13,14,15,16). The average molecular weight is 246 g/mol. The van der Waals surface area contributed by atoms with E-state index in [1.54, 1.807) is 7.05 Å². The van der Waals surface area contributed by atoms with E-state index >= 15 is 0 Å². The predicted molar refractivity (Wildman–Crippen MR) is 68.7 cm³/mol. The fraction of sp³-hybridized carbons (Fsp3) is 0.182. The van der Waals surface area contributed by atoms with Gasteiger partial charge in [0, 0.05) is 12.7 Å². The summed E-state index contributed by atoms with van der Waals surface area (Å²) in [4.78, 5) is 12.3. The van der Waals surface area contributed by atoms with Gasteiger partial charge in [-0.05, 0) is 12.1 Å². The first-order valence-electron chi connectivity index (χ1n) is 5.29. The lowest BCUT2D eigenvalue weighted by Crippen LogP contribution is -2.27. The van der Waals surface area contributed by atoms with Crippen molar-refractivity contribution in [3.63, 3.8) is 0 Å². The molecule has 1 aromatic heterocycles. The molecule has 0 fully saturated rings. The summed E-state index contributed by atoms with van der Waals surface area (Å²) in [5.74, 6) is 6.29. The minimum Gasteiger partial charge on any atom is -0.467 e. The Morgan fingerprint density at radius 1 is 1.17 bits per heavy atom. The molecule has 0 bridgehead atoms. The number of nitrogens with two attached hydrogens (primary N) is 1. The molecule has 0 amide bonds. The van der Waals surface area contributed by atoms with E-state index in [1.165, 1.54) is 12.1 Å². The third kappa shape index (κ3) is 2.83. The molecule has 7 heteroatoms. The Kier molecular flexibility index (Phi) is 3.54. The number of anilines is 3. The molecule has 0 saturated heterocycles. The number of ether oxygens (including phenoxy) is 1. The van der Waals surface area contributed by atoms with Gasteiger partial charge in [-0.2, -0.15) is 15.0 Å². The van der Waals surface area contributed by atoms with E-state index in [0.29, 0.717) is 11.9 Å². The molecule has 1 heterocycles. The van der Waals surface area contributed by atoms with Gasteiger partial charge in [-0.1, -0.05) is 18.2 Å². The third-order valence-electron chi connectivity index (χ3n) is 2.13. The summed E-state index contributed by atoms with van der Waals surface area (Å²) in [6, 6.07) is 9.77. The minimum atomic E-state index is 0.204. The van der Waals surface area contributed by atoms with Gasteiger partial charge in [0.05, 0.1) is 7.11 Å². The zero-order valence-corrected chi connectivity index (χ0v) is 10.2. The first-order valence-corrected chi connectivity index (χ1v) is 5.29. The van der Waals surface area contributed by atoms with Crippen LogP contribution in [-0.2, 0) is 0 Å². The maximum Gasteiger partial charge on any atom is 0.322 e. The number of benzene rings is 1.